The molecule has 7 heteroatoms. The lowest BCUT2D eigenvalue weighted by atomic mass is 10.0. The standard InChI is InChI=1S/C22H18FN5O/c23-16-8-6-15(7-9-16)20-14-18(17-4-1-2-5-19(17)28-20)21(29)24-12-13-27-22-25-10-3-11-26-22/h1-11,14H,12-13H2,(H,24,29)(H,25,26,27). The van der Waals surface area contributed by atoms with Gasteiger partial charge in [0.25, 0.3) is 5.91 Å². The van der Waals surface area contributed by atoms with Crippen LogP contribution in [0, 0.1) is 5.82 Å². The van der Waals surface area contributed by atoms with Crippen LogP contribution in [-0.4, -0.2) is 33.9 Å². The van der Waals surface area contributed by atoms with Gasteiger partial charge in [0.2, 0.25) is 5.95 Å². The van der Waals surface area contributed by atoms with Crippen molar-refractivity contribution in [1.29, 1.82) is 0 Å². The van der Waals surface area contributed by atoms with E-state index in [2.05, 4.69) is 25.6 Å². The quantitative estimate of drug-likeness (QED) is 0.494. The van der Waals surface area contributed by atoms with Gasteiger partial charge in [-0.1, -0.05) is 18.2 Å². The van der Waals surface area contributed by atoms with Crippen LogP contribution in [0.15, 0.2) is 73.1 Å². The highest BCUT2D eigenvalue weighted by Crippen LogP contribution is 2.25. The zero-order valence-corrected chi connectivity index (χ0v) is 15.5. The van der Waals surface area contributed by atoms with Crippen LogP contribution in [0.1, 0.15) is 10.4 Å². The molecule has 2 aromatic carbocycles. The highest BCUT2D eigenvalue weighted by molar-refractivity contribution is 6.07. The van der Waals surface area contributed by atoms with Crippen LogP contribution in [0.2, 0.25) is 0 Å². The number of benzene rings is 2. The molecule has 0 aliphatic heterocycles. The monoisotopic (exact) mass is 387 g/mol. The third kappa shape index (κ3) is 4.35. The van der Waals surface area contributed by atoms with Gasteiger partial charge in [0.1, 0.15) is 5.82 Å². The van der Waals surface area contributed by atoms with E-state index in [0.717, 1.165) is 10.9 Å². The molecular formula is C22H18FN5O. The molecule has 0 unspecified atom stereocenters. The van der Waals surface area contributed by atoms with Gasteiger partial charge in [-0.15, -0.1) is 0 Å². The molecule has 0 atom stereocenters. The van der Waals surface area contributed by atoms with Gasteiger partial charge in [0.15, 0.2) is 0 Å². The largest absolute Gasteiger partial charge is 0.352 e. The summed E-state index contributed by atoms with van der Waals surface area (Å²) >= 11 is 0. The number of hydrogen-bond donors (Lipinski definition) is 2. The van der Waals surface area contributed by atoms with Gasteiger partial charge in [-0.3, -0.25) is 4.79 Å². The second-order valence-corrected chi connectivity index (χ2v) is 6.33. The van der Waals surface area contributed by atoms with E-state index in [1.165, 1.54) is 12.1 Å². The number of aromatic nitrogens is 3. The molecule has 29 heavy (non-hydrogen) atoms. The lowest BCUT2D eigenvalue weighted by Gasteiger charge is -2.11. The molecule has 0 fully saturated rings. The summed E-state index contributed by atoms with van der Waals surface area (Å²) in [6.45, 7) is 0.892. The summed E-state index contributed by atoms with van der Waals surface area (Å²) in [5.41, 5.74) is 2.58. The molecule has 2 N–H and O–H groups in total. The molecule has 0 radical (unpaired) electrons. The first-order valence-electron chi connectivity index (χ1n) is 9.15. The Balaban J connectivity index is 1.55. The van der Waals surface area contributed by atoms with E-state index in [1.807, 2.05) is 24.3 Å². The van der Waals surface area contributed by atoms with E-state index in [4.69, 9.17) is 0 Å². The summed E-state index contributed by atoms with van der Waals surface area (Å²) in [5, 5.41) is 6.71. The van der Waals surface area contributed by atoms with E-state index in [9.17, 15) is 9.18 Å². The molecule has 0 saturated heterocycles. The van der Waals surface area contributed by atoms with Crippen LogP contribution in [0.4, 0.5) is 10.3 Å². The smallest absolute Gasteiger partial charge is 0.252 e. The number of para-hydroxylation sites is 1. The Kier molecular flexibility index (Phi) is 5.38. The zero-order chi connectivity index (χ0) is 20.1. The van der Waals surface area contributed by atoms with Crippen LogP contribution < -0.4 is 10.6 Å². The molecule has 0 bridgehead atoms. The van der Waals surface area contributed by atoms with Gasteiger partial charge in [-0.05, 0) is 42.5 Å². The first-order valence-corrected chi connectivity index (χ1v) is 9.15. The van der Waals surface area contributed by atoms with Crippen molar-refractivity contribution in [2.24, 2.45) is 0 Å². The molecule has 4 aromatic rings. The molecule has 0 aliphatic rings. The second-order valence-electron chi connectivity index (χ2n) is 6.33. The third-order valence-corrected chi connectivity index (χ3v) is 4.36. The van der Waals surface area contributed by atoms with Gasteiger partial charge < -0.3 is 10.6 Å². The lowest BCUT2D eigenvalue weighted by molar-refractivity contribution is 0.0957. The molecule has 2 heterocycles. The van der Waals surface area contributed by atoms with Crippen molar-refractivity contribution in [3.8, 4) is 11.3 Å². The Hall–Kier alpha value is -3.87. The van der Waals surface area contributed by atoms with Crippen LogP contribution in [0.3, 0.4) is 0 Å². The predicted octanol–water partition coefficient (Wildman–Crippen LogP) is 3.67. The number of pyridine rings is 1. The Morgan fingerprint density at radius 2 is 1.69 bits per heavy atom. The van der Waals surface area contributed by atoms with Crippen molar-refractivity contribution in [2.75, 3.05) is 18.4 Å². The Morgan fingerprint density at radius 3 is 2.48 bits per heavy atom. The maximum absolute atomic E-state index is 13.3. The fourth-order valence-corrected chi connectivity index (χ4v) is 2.97. The normalized spacial score (nSPS) is 10.7. The zero-order valence-electron chi connectivity index (χ0n) is 15.5. The minimum absolute atomic E-state index is 0.206. The Morgan fingerprint density at radius 1 is 0.931 bits per heavy atom. The maximum Gasteiger partial charge on any atom is 0.252 e. The SMILES string of the molecule is O=C(NCCNc1ncccn1)c1cc(-c2ccc(F)cc2)nc2ccccc12. The van der Waals surface area contributed by atoms with Crippen molar-refractivity contribution < 1.29 is 9.18 Å². The van der Waals surface area contributed by atoms with E-state index in [1.54, 1.807) is 36.7 Å². The summed E-state index contributed by atoms with van der Waals surface area (Å²) in [7, 11) is 0. The van der Waals surface area contributed by atoms with E-state index >= 15 is 0 Å². The molecular weight excluding hydrogens is 369 g/mol. The maximum atomic E-state index is 13.3. The lowest BCUT2D eigenvalue weighted by Crippen LogP contribution is -2.29. The van der Waals surface area contributed by atoms with Crippen molar-refractivity contribution in [2.45, 2.75) is 0 Å². The molecule has 144 valence electrons. The molecule has 0 saturated carbocycles. The minimum Gasteiger partial charge on any atom is -0.352 e. The predicted molar refractivity (Wildman–Crippen MR) is 110 cm³/mol. The van der Waals surface area contributed by atoms with E-state index in [-0.39, 0.29) is 11.7 Å². The summed E-state index contributed by atoms with van der Waals surface area (Å²) < 4.78 is 13.3. The average Bonchev–Trinajstić information content (AvgIpc) is 2.77. The van der Waals surface area contributed by atoms with Gasteiger partial charge >= 0.3 is 0 Å². The number of hydrogen-bond acceptors (Lipinski definition) is 5. The Bertz CT molecular complexity index is 1130. The number of anilines is 1. The molecule has 1 amide bonds. The molecule has 4 rings (SSSR count). The first-order chi connectivity index (χ1) is 14.2. The molecule has 0 aliphatic carbocycles. The van der Waals surface area contributed by atoms with E-state index in [0.29, 0.717) is 35.8 Å². The van der Waals surface area contributed by atoms with Gasteiger partial charge in [-0.25, -0.2) is 19.3 Å². The Labute approximate surface area is 166 Å². The summed E-state index contributed by atoms with van der Waals surface area (Å²) in [4.78, 5) is 25.6. The number of fused-ring (bicyclic) bond motifs is 1. The fourth-order valence-electron chi connectivity index (χ4n) is 2.97. The average molecular weight is 387 g/mol. The number of amides is 1. The summed E-state index contributed by atoms with van der Waals surface area (Å²) in [6, 6.07) is 17.0. The second kappa shape index (κ2) is 8.43. The summed E-state index contributed by atoms with van der Waals surface area (Å²) in [6.07, 6.45) is 3.29. The number of rotatable bonds is 6. The van der Waals surface area contributed by atoms with Crippen LogP contribution in [0.25, 0.3) is 22.2 Å². The van der Waals surface area contributed by atoms with Gasteiger partial charge in [0, 0.05) is 36.4 Å². The fraction of sp³-hybridized carbons (Fsp3) is 0.0909. The van der Waals surface area contributed by atoms with Crippen molar-refractivity contribution in [3.05, 3.63) is 84.4 Å². The number of carbonyl (C=O) groups excluding carboxylic acids is 1. The molecule has 2 aromatic heterocycles. The molecule has 6 nitrogen and oxygen atoms in total. The number of halogens is 1. The topological polar surface area (TPSA) is 79.8 Å². The third-order valence-electron chi connectivity index (χ3n) is 4.36. The van der Waals surface area contributed by atoms with E-state index < -0.39 is 0 Å². The van der Waals surface area contributed by atoms with Gasteiger partial charge in [-0.2, -0.15) is 0 Å². The highest BCUT2D eigenvalue weighted by atomic mass is 19.1. The number of nitrogens with zero attached hydrogens (tertiary/aromatic N) is 3. The number of nitrogens with one attached hydrogen (secondary N) is 2. The first kappa shape index (κ1) is 18.5. The van der Waals surface area contributed by atoms with Crippen molar-refractivity contribution in [3.63, 3.8) is 0 Å². The van der Waals surface area contributed by atoms with Crippen LogP contribution in [0.5, 0.6) is 0 Å². The minimum atomic E-state index is -0.317. The number of carbonyl (C=O) groups is 1. The van der Waals surface area contributed by atoms with Crippen molar-refractivity contribution in [1.82, 2.24) is 20.3 Å². The van der Waals surface area contributed by atoms with Crippen LogP contribution in [-0.2, 0) is 0 Å². The van der Waals surface area contributed by atoms with Crippen molar-refractivity contribution >= 4 is 22.8 Å². The highest BCUT2D eigenvalue weighted by Gasteiger charge is 2.13. The van der Waals surface area contributed by atoms with Crippen LogP contribution >= 0.6 is 0 Å². The van der Waals surface area contributed by atoms with Gasteiger partial charge in [0.05, 0.1) is 16.8 Å². The molecule has 0 spiro atoms. The summed E-state index contributed by atoms with van der Waals surface area (Å²) in [5.74, 6) is -0.0140.